The predicted molar refractivity (Wildman–Crippen MR) is 140 cm³/mol. The molecule has 9 nitrogen and oxygen atoms in total. The number of nitrogens with one attached hydrogen (secondary N) is 2. The monoisotopic (exact) mass is 563 g/mol. The number of anilines is 2. The SMILES string of the molecule is O=[N+]([O-])c1ccc(N2CCCC(N[C@@H]3CCCC[C@H]3Nc3ncc(-c4ccc(OC(F)(F)F)c(F)c4)o3)C2)cc1. The Morgan fingerprint density at radius 3 is 2.50 bits per heavy atom. The van der Waals surface area contributed by atoms with Crippen LogP contribution in [0.4, 0.5) is 35.0 Å². The van der Waals surface area contributed by atoms with Crippen LogP contribution in [-0.2, 0) is 0 Å². The van der Waals surface area contributed by atoms with E-state index in [0.29, 0.717) is 0 Å². The molecule has 2 aliphatic rings. The Kier molecular flexibility index (Phi) is 8.10. The van der Waals surface area contributed by atoms with E-state index < -0.39 is 22.9 Å². The van der Waals surface area contributed by atoms with Crippen molar-refractivity contribution in [2.24, 2.45) is 0 Å². The number of nitro groups is 1. The number of halogens is 4. The Labute approximate surface area is 227 Å². The molecule has 40 heavy (non-hydrogen) atoms. The van der Waals surface area contributed by atoms with E-state index in [1.807, 2.05) is 0 Å². The van der Waals surface area contributed by atoms with E-state index in [2.05, 4.69) is 25.3 Å². The second kappa shape index (κ2) is 11.7. The van der Waals surface area contributed by atoms with Crippen molar-refractivity contribution >= 4 is 17.4 Å². The molecule has 1 unspecified atom stereocenters. The van der Waals surface area contributed by atoms with Crippen molar-refractivity contribution in [3.05, 3.63) is 64.6 Å². The molecule has 13 heteroatoms. The molecule has 0 radical (unpaired) electrons. The quantitative estimate of drug-likeness (QED) is 0.188. The van der Waals surface area contributed by atoms with E-state index >= 15 is 0 Å². The van der Waals surface area contributed by atoms with Gasteiger partial charge in [0.1, 0.15) is 0 Å². The molecule has 1 aromatic heterocycles. The van der Waals surface area contributed by atoms with E-state index in [4.69, 9.17) is 4.42 Å². The molecule has 1 aliphatic carbocycles. The number of benzene rings is 2. The largest absolute Gasteiger partial charge is 0.573 e. The maximum atomic E-state index is 14.2. The van der Waals surface area contributed by atoms with Crippen LogP contribution in [0.1, 0.15) is 38.5 Å². The number of hydrogen-bond acceptors (Lipinski definition) is 8. The van der Waals surface area contributed by atoms with Crippen molar-refractivity contribution in [1.82, 2.24) is 10.3 Å². The highest BCUT2D eigenvalue weighted by atomic mass is 19.4. The van der Waals surface area contributed by atoms with Gasteiger partial charge in [0.25, 0.3) is 11.7 Å². The summed E-state index contributed by atoms with van der Waals surface area (Å²) in [5.74, 6) is -1.86. The number of ether oxygens (including phenoxy) is 1. The summed E-state index contributed by atoms with van der Waals surface area (Å²) in [5.41, 5.74) is 1.26. The number of alkyl halides is 3. The summed E-state index contributed by atoms with van der Waals surface area (Å²) < 4.78 is 60.9. The van der Waals surface area contributed by atoms with Crippen LogP contribution >= 0.6 is 0 Å². The summed E-state index contributed by atoms with van der Waals surface area (Å²) in [6.07, 6.45) is 2.39. The zero-order valence-electron chi connectivity index (χ0n) is 21.5. The van der Waals surface area contributed by atoms with Gasteiger partial charge in [-0.15, -0.1) is 13.2 Å². The smallest absolute Gasteiger partial charge is 0.424 e. The molecule has 0 amide bonds. The number of aromatic nitrogens is 1. The fraction of sp³-hybridized carbons (Fsp3) is 0.444. The molecule has 2 heterocycles. The summed E-state index contributed by atoms with van der Waals surface area (Å²) in [6.45, 7) is 1.66. The number of oxazole rings is 1. The zero-order chi connectivity index (χ0) is 28.3. The molecule has 3 aromatic rings. The van der Waals surface area contributed by atoms with Crippen LogP contribution < -0.4 is 20.3 Å². The van der Waals surface area contributed by atoms with Crippen LogP contribution in [0.2, 0.25) is 0 Å². The topological polar surface area (TPSA) is 106 Å². The Balaban J connectivity index is 1.21. The minimum atomic E-state index is -4.99. The van der Waals surface area contributed by atoms with Crippen LogP contribution in [0.5, 0.6) is 5.75 Å². The lowest BCUT2D eigenvalue weighted by molar-refractivity contribution is -0.384. The van der Waals surface area contributed by atoms with Gasteiger partial charge in [-0.25, -0.2) is 9.37 Å². The summed E-state index contributed by atoms with van der Waals surface area (Å²) in [6, 6.07) is 10.4. The van der Waals surface area contributed by atoms with Crippen LogP contribution in [-0.4, -0.2) is 47.5 Å². The third-order valence-electron chi connectivity index (χ3n) is 7.32. The third-order valence-corrected chi connectivity index (χ3v) is 7.32. The zero-order valence-corrected chi connectivity index (χ0v) is 21.5. The summed E-state index contributed by atoms with van der Waals surface area (Å²) in [4.78, 5) is 17.1. The van der Waals surface area contributed by atoms with Crippen molar-refractivity contribution < 1.29 is 31.6 Å². The Morgan fingerprint density at radius 2 is 1.80 bits per heavy atom. The number of nitrogens with zero attached hydrogens (tertiary/aromatic N) is 3. The molecule has 0 bridgehead atoms. The molecule has 2 N–H and O–H groups in total. The molecule has 3 atom stereocenters. The second-order valence-corrected chi connectivity index (χ2v) is 10.1. The van der Waals surface area contributed by atoms with Gasteiger partial charge in [0.05, 0.1) is 11.1 Å². The predicted octanol–water partition coefficient (Wildman–Crippen LogP) is 6.27. The molecule has 1 saturated carbocycles. The number of piperidine rings is 1. The lowest BCUT2D eigenvalue weighted by atomic mass is 9.89. The van der Waals surface area contributed by atoms with Crippen molar-refractivity contribution in [3.63, 3.8) is 0 Å². The van der Waals surface area contributed by atoms with Gasteiger partial charge in [-0.1, -0.05) is 12.8 Å². The average Bonchev–Trinajstić information content (AvgIpc) is 3.39. The number of non-ortho nitro benzene ring substituents is 1. The fourth-order valence-corrected chi connectivity index (χ4v) is 5.43. The van der Waals surface area contributed by atoms with Gasteiger partial charge in [0.2, 0.25) is 0 Å². The fourth-order valence-electron chi connectivity index (χ4n) is 5.43. The average molecular weight is 564 g/mol. The van der Waals surface area contributed by atoms with Crippen LogP contribution in [0.3, 0.4) is 0 Å². The van der Waals surface area contributed by atoms with Gasteiger partial charge in [0, 0.05) is 54.6 Å². The first-order valence-corrected chi connectivity index (χ1v) is 13.2. The van der Waals surface area contributed by atoms with Gasteiger partial charge < -0.3 is 24.7 Å². The molecule has 2 aromatic carbocycles. The minimum absolute atomic E-state index is 0.0364. The number of nitro benzene ring substituents is 1. The highest BCUT2D eigenvalue weighted by molar-refractivity contribution is 5.59. The molecule has 1 saturated heterocycles. The summed E-state index contributed by atoms with van der Waals surface area (Å²) in [7, 11) is 0. The first-order valence-electron chi connectivity index (χ1n) is 13.2. The maximum Gasteiger partial charge on any atom is 0.573 e. The molecule has 5 rings (SSSR count). The summed E-state index contributed by atoms with van der Waals surface area (Å²) in [5, 5.41) is 18.1. The van der Waals surface area contributed by atoms with Gasteiger partial charge in [-0.05, 0) is 56.0 Å². The standard InChI is InChI=1S/C27H29F4N5O4/c28-21-14-17(7-12-24(21)40-27(29,30)31)25-15-32-26(39-25)34-23-6-2-1-5-22(23)33-18-4-3-13-35(16-18)19-8-10-20(11-9-19)36(37)38/h7-12,14-15,18,22-23,33H,1-6,13,16H2,(H,32,34)/t18?,22-,23-/m1/s1. The maximum absolute atomic E-state index is 14.2. The Morgan fingerprint density at radius 1 is 1.05 bits per heavy atom. The molecule has 1 aliphatic heterocycles. The van der Waals surface area contributed by atoms with Crippen molar-refractivity contribution in [2.75, 3.05) is 23.3 Å². The van der Waals surface area contributed by atoms with Crippen LogP contribution in [0, 0.1) is 15.9 Å². The molecular formula is C27H29F4N5O4. The highest BCUT2D eigenvalue weighted by Gasteiger charge is 2.33. The van der Waals surface area contributed by atoms with Crippen LogP contribution in [0.15, 0.2) is 53.1 Å². The lowest BCUT2D eigenvalue weighted by Crippen LogP contribution is -2.54. The minimum Gasteiger partial charge on any atom is -0.424 e. The normalized spacial score (nSPS) is 21.7. The van der Waals surface area contributed by atoms with E-state index in [-0.39, 0.29) is 41.2 Å². The molecule has 2 fully saturated rings. The second-order valence-electron chi connectivity index (χ2n) is 10.1. The Bertz CT molecular complexity index is 1320. The Hall–Kier alpha value is -3.87. The molecule has 0 spiro atoms. The highest BCUT2D eigenvalue weighted by Crippen LogP contribution is 2.32. The van der Waals surface area contributed by atoms with E-state index in [0.717, 1.165) is 69.4 Å². The van der Waals surface area contributed by atoms with E-state index in [1.54, 1.807) is 12.1 Å². The third kappa shape index (κ3) is 6.82. The van der Waals surface area contributed by atoms with Crippen molar-refractivity contribution in [1.29, 1.82) is 0 Å². The number of hydrogen-bond donors (Lipinski definition) is 2. The number of rotatable bonds is 8. The van der Waals surface area contributed by atoms with Crippen molar-refractivity contribution in [2.45, 2.75) is 63.0 Å². The summed E-state index contributed by atoms with van der Waals surface area (Å²) >= 11 is 0. The van der Waals surface area contributed by atoms with E-state index in [1.165, 1.54) is 24.4 Å². The van der Waals surface area contributed by atoms with Crippen molar-refractivity contribution in [3.8, 4) is 17.1 Å². The van der Waals surface area contributed by atoms with Gasteiger partial charge in [-0.3, -0.25) is 10.1 Å². The van der Waals surface area contributed by atoms with Gasteiger partial charge in [-0.2, -0.15) is 0 Å². The first-order chi connectivity index (χ1) is 19.1. The van der Waals surface area contributed by atoms with E-state index in [9.17, 15) is 27.7 Å². The van der Waals surface area contributed by atoms with Gasteiger partial charge in [0.15, 0.2) is 17.3 Å². The molecular weight excluding hydrogens is 534 g/mol. The molecule has 214 valence electrons. The van der Waals surface area contributed by atoms with Crippen LogP contribution in [0.25, 0.3) is 11.3 Å². The lowest BCUT2D eigenvalue weighted by Gasteiger charge is -2.40. The first kappa shape index (κ1) is 27.7. The van der Waals surface area contributed by atoms with Gasteiger partial charge >= 0.3 is 6.36 Å².